The molecule has 0 saturated carbocycles. The van der Waals surface area contributed by atoms with E-state index in [0.717, 1.165) is 17.7 Å². The van der Waals surface area contributed by atoms with E-state index in [1.54, 1.807) is 4.90 Å². The van der Waals surface area contributed by atoms with Crippen molar-refractivity contribution in [2.24, 2.45) is 5.73 Å². The number of nitrogens with zero attached hydrogens (tertiary/aromatic N) is 1. The van der Waals surface area contributed by atoms with E-state index in [-0.39, 0.29) is 42.6 Å². The number of ether oxygens (including phenoxy) is 1. The van der Waals surface area contributed by atoms with Gasteiger partial charge < -0.3 is 15.4 Å². The lowest BCUT2D eigenvalue weighted by molar-refractivity contribution is -0.132. The number of nitrogens with two attached hydrogens (primary N) is 1. The van der Waals surface area contributed by atoms with Crippen molar-refractivity contribution in [2.75, 3.05) is 19.7 Å². The summed E-state index contributed by atoms with van der Waals surface area (Å²) in [6, 6.07) is 12.6. The number of carbonyl (C=O) groups is 1. The summed E-state index contributed by atoms with van der Waals surface area (Å²) >= 11 is 0. The first-order chi connectivity index (χ1) is 11.5. The molecule has 0 aromatic heterocycles. The molecule has 2 atom stereocenters. The van der Waals surface area contributed by atoms with Gasteiger partial charge in [-0.25, -0.2) is 8.78 Å². The van der Waals surface area contributed by atoms with Gasteiger partial charge in [-0.2, -0.15) is 0 Å². The second-order valence-electron chi connectivity index (χ2n) is 5.84. The van der Waals surface area contributed by atoms with Crippen LogP contribution in [0.2, 0.25) is 0 Å². The number of carbonyl (C=O) groups excluding carboxylic acids is 1. The summed E-state index contributed by atoms with van der Waals surface area (Å²) in [5.74, 6) is -1.87. The quantitative estimate of drug-likeness (QED) is 0.902. The average molecular weight is 369 g/mol. The molecule has 1 amide bonds. The summed E-state index contributed by atoms with van der Waals surface area (Å²) in [7, 11) is 0. The highest BCUT2D eigenvalue weighted by atomic mass is 35.5. The number of halogens is 3. The molecule has 0 spiro atoms. The third kappa shape index (κ3) is 4.46. The van der Waals surface area contributed by atoms with Crippen molar-refractivity contribution in [3.63, 3.8) is 0 Å². The van der Waals surface area contributed by atoms with Gasteiger partial charge in [0, 0.05) is 31.1 Å². The molecule has 2 N–H and O–H groups in total. The summed E-state index contributed by atoms with van der Waals surface area (Å²) in [5.41, 5.74) is 7.24. The van der Waals surface area contributed by atoms with Gasteiger partial charge in [0.05, 0.1) is 0 Å². The molecule has 1 aliphatic rings. The average Bonchev–Trinajstić information content (AvgIpc) is 2.96. The molecule has 0 radical (unpaired) electrons. The van der Waals surface area contributed by atoms with Crippen LogP contribution in [0.15, 0.2) is 48.5 Å². The zero-order valence-corrected chi connectivity index (χ0v) is 14.2. The van der Waals surface area contributed by atoms with Crippen molar-refractivity contribution in [3.8, 4) is 5.75 Å². The van der Waals surface area contributed by atoms with Gasteiger partial charge in [0.2, 0.25) is 0 Å². The number of hydrogen-bond acceptors (Lipinski definition) is 3. The highest BCUT2D eigenvalue weighted by Gasteiger charge is 2.33. The van der Waals surface area contributed by atoms with Crippen LogP contribution in [-0.4, -0.2) is 36.5 Å². The van der Waals surface area contributed by atoms with Gasteiger partial charge in [0.1, 0.15) is 5.82 Å². The molecule has 1 saturated heterocycles. The Balaban J connectivity index is 0.00000225. The van der Waals surface area contributed by atoms with Crippen molar-refractivity contribution in [2.45, 2.75) is 12.0 Å². The molecule has 2 aromatic rings. The molecular formula is C18H19ClF2N2O2. The maximum Gasteiger partial charge on any atom is 0.260 e. The van der Waals surface area contributed by atoms with Gasteiger partial charge in [-0.1, -0.05) is 30.3 Å². The molecule has 134 valence electrons. The third-order valence-electron chi connectivity index (χ3n) is 4.19. The predicted molar refractivity (Wildman–Crippen MR) is 92.8 cm³/mol. The molecule has 7 heteroatoms. The Morgan fingerprint density at radius 3 is 2.56 bits per heavy atom. The van der Waals surface area contributed by atoms with Crippen molar-refractivity contribution < 1.29 is 18.3 Å². The normalized spacial score (nSPS) is 19.4. The molecule has 25 heavy (non-hydrogen) atoms. The summed E-state index contributed by atoms with van der Waals surface area (Å²) in [4.78, 5) is 13.9. The summed E-state index contributed by atoms with van der Waals surface area (Å²) in [6.07, 6.45) is 0. The van der Waals surface area contributed by atoms with E-state index >= 15 is 0 Å². The van der Waals surface area contributed by atoms with Gasteiger partial charge >= 0.3 is 0 Å². The van der Waals surface area contributed by atoms with E-state index in [0.29, 0.717) is 13.1 Å². The van der Waals surface area contributed by atoms with Gasteiger partial charge in [-0.05, 0) is 17.7 Å². The first kappa shape index (κ1) is 19.1. The number of rotatable bonds is 4. The summed E-state index contributed by atoms with van der Waals surface area (Å²) < 4.78 is 31.5. The van der Waals surface area contributed by atoms with Crippen LogP contribution in [0.3, 0.4) is 0 Å². The monoisotopic (exact) mass is 368 g/mol. The SMILES string of the molecule is Cl.N[C@@H]1CN(C(=O)COc2ccc(F)cc2F)C[C@H]1c1ccccc1. The number of likely N-dealkylation sites (tertiary alicyclic amines) is 1. The lowest BCUT2D eigenvalue weighted by Crippen LogP contribution is -2.35. The maximum absolute atomic E-state index is 13.5. The lowest BCUT2D eigenvalue weighted by Gasteiger charge is -2.17. The lowest BCUT2D eigenvalue weighted by atomic mass is 9.95. The summed E-state index contributed by atoms with van der Waals surface area (Å²) in [6.45, 7) is 0.615. The third-order valence-corrected chi connectivity index (χ3v) is 4.19. The fourth-order valence-corrected chi connectivity index (χ4v) is 2.91. The van der Waals surface area contributed by atoms with Crippen LogP contribution in [-0.2, 0) is 4.79 Å². The Morgan fingerprint density at radius 2 is 1.88 bits per heavy atom. The Labute approximate surface area is 151 Å². The van der Waals surface area contributed by atoms with E-state index < -0.39 is 11.6 Å². The van der Waals surface area contributed by atoms with Crippen molar-refractivity contribution in [1.29, 1.82) is 0 Å². The molecule has 1 fully saturated rings. The van der Waals surface area contributed by atoms with Gasteiger partial charge in [-0.15, -0.1) is 12.4 Å². The standard InChI is InChI=1S/C18H18F2N2O2.ClH/c19-13-6-7-17(15(20)8-13)24-11-18(23)22-9-14(16(21)10-22)12-4-2-1-3-5-12;/h1-8,14,16H,9-11,21H2;1H/t14-,16+;/m0./s1. The maximum atomic E-state index is 13.5. The second-order valence-corrected chi connectivity index (χ2v) is 5.84. The molecule has 2 aromatic carbocycles. The van der Waals surface area contributed by atoms with Crippen LogP contribution in [0.1, 0.15) is 11.5 Å². The first-order valence-corrected chi connectivity index (χ1v) is 7.71. The highest BCUT2D eigenvalue weighted by molar-refractivity contribution is 5.85. The van der Waals surface area contributed by atoms with Crippen molar-refractivity contribution in [3.05, 3.63) is 65.7 Å². The van der Waals surface area contributed by atoms with E-state index in [1.165, 1.54) is 6.07 Å². The molecule has 4 nitrogen and oxygen atoms in total. The molecule has 1 aliphatic heterocycles. The van der Waals surface area contributed by atoms with Gasteiger partial charge in [-0.3, -0.25) is 4.79 Å². The number of hydrogen-bond donors (Lipinski definition) is 1. The molecule has 0 unspecified atom stereocenters. The fourth-order valence-electron chi connectivity index (χ4n) is 2.91. The minimum atomic E-state index is -0.830. The van der Waals surface area contributed by atoms with Crippen LogP contribution in [0.5, 0.6) is 5.75 Å². The van der Waals surface area contributed by atoms with Crippen LogP contribution in [0.4, 0.5) is 8.78 Å². The minimum Gasteiger partial charge on any atom is -0.481 e. The Bertz CT molecular complexity index is 730. The molecular weight excluding hydrogens is 350 g/mol. The van der Waals surface area contributed by atoms with Crippen molar-refractivity contribution >= 4 is 18.3 Å². The summed E-state index contributed by atoms with van der Waals surface area (Å²) in [5, 5.41) is 0. The van der Waals surface area contributed by atoms with Crippen LogP contribution < -0.4 is 10.5 Å². The predicted octanol–water partition coefficient (Wildman–Crippen LogP) is 2.72. The molecule has 0 bridgehead atoms. The molecule has 1 heterocycles. The van der Waals surface area contributed by atoms with Crippen LogP contribution in [0.25, 0.3) is 0 Å². The largest absolute Gasteiger partial charge is 0.481 e. The molecule has 3 rings (SSSR count). The minimum absolute atomic E-state index is 0. The van der Waals surface area contributed by atoms with Gasteiger partial charge in [0.15, 0.2) is 18.2 Å². The van der Waals surface area contributed by atoms with Crippen LogP contribution in [0, 0.1) is 11.6 Å². The Morgan fingerprint density at radius 1 is 1.16 bits per heavy atom. The van der Waals surface area contributed by atoms with Gasteiger partial charge in [0.25, 0.3) is 5.91 Å². The van der Waals surface area contributed by atoms with Crippen LogP contribution >= 0.6 is 12.4 Å². The topological polar surface area (TPSA) is 55.6 Å². The van der Waals surface area contributed by atoms with E-state index in [1.807, 2.05) is 30.3 Å². The van der Waals surface area contributed by atoms with Crippen molar-refractivity contribution in [1.82, 2.24) is 4.90 Å². The van der Waals surface area contributed by atoms with E-state index in [9.17, 15) is 13.6 Å². The second kappa shape index (κ2) is 8.27. The smallest absolute Gasteiger partial charge is 0.260 e. The van der Waals surface area contributed by atoms with E-state index in [2.05, 4.69) is 0 Å². The zero-order chi connectivity index (χ0) is 17.1. The van der Waals surface area contributed by atoms with E-state index in [4.69, 9.17) is 10.5 Å². The highest BCUT2D eigenvalue weighted by Crippen LogP contribution is 2.26. The number of amides is 1. The Hall–Kier alpha value is -2.18. The molecule has 0 aliphatic carbocycles. The number of benzene rings is 2. The first-order valence-electron chi connectivity index (χ1n) is 7.71. The zero-order valence-electron chi connectivity index (χ0n) is 13.4. The Kier molecular flexibility index (Phi) is 6.33. The fraction of sp³-hybridized carbons (Fsp3) is 0.278.